The third kappa shape index (κ3) is 5.72. The van der Waals surface area contributed by atoms with Gasteiger partial charge in [-0.3, -0.25) is 9.59 Å². The molecule has 2 N–H and O–H groups in total. The van der Waals surface area contributed by atoms with Crippen molar-refractivity contribution in [2.24, 2.45) is 0 Å². The Morgan fingerprint density at radius 2 is 1.85 bits per heavy atom. The van der Waals surface area contributed by atoms with E-state index in [0.29, 0.717) is 24.3 Å². The molecule has 0 radical (unpaired) electrons. The van der Waals surface area contributed by atoms with E-state index in [2.05, 4.69) is 10.6 Å². The van der Waals surface area contributed by atoms with Gasteiger partial charge < -0.3 is 15.4 Å². The van der Waals surface area contributed by atoms with E-state index in [9.17, 15) is 18.0 Å². The van der Waals surface area contributed by atoms with Gasteiger partial charge in [0, 0.05) is 35.9 Å². The molecule has 1 atom stereocenters. The second kappa shape index (κ2) is 10.8. The standard InChI is InChI=1S/C24H31N3O5S/c1-4-13-25-23(28)18-9-7-10-20(15-18)26-24(29)19-11-12-21(32-3)22(16-19)33(30,31)27-14-6-5-8-17(27)2/h7,9-12,15-17H,4-6,8,13-14H2,1-3H3,(H,25,28)(H,26,29). The topological polar surface area (TPSA) is 105 Å². The van der Waals surface area contributed by atoms with Crippen LogP contribution in [0.5, 0.6) is 5.75 Å². The summed E-state index contributed by atoms with van der Waals surface area (Å²) in [6.45, 7) is 4.86. The molecule has 2 aromatic carbocycles. The summed E-state index contributed by atoms with van der Waals surface area (Å²) in [4.78, 5) is 25.1. The minimum Gasteiger partial charge on any atom is -0.495 e. The Morgan fingerprint density at radius 1 is 1.09 bits per heavy atom. The Morgan fingerprint density at radius 3 is 2.55 bits per heavy atom. The zero-order chi connectivity index (χ0) is 24.0. The lowest BCUT2D eigenvalue weighted by molar-refractivity contribution is 0.0952. The number of sulfonamides is 1. The van der Waals surface area contributed by atoms with Gasteiger partial charge in [0.1, 0.15) is 10.6 Å². The lowest BCUT2D eigenvalue weighted by Crippen LogP contribution is -2.42. The number of amides is 2. The number of carbonyl (C=O) groups is 2. The van der Waals surface area contributed by atoms with Gasteiger partial charge in [-0.05, 0) is 62.6 Å². The fraction of sp³-hybridized carbons (Fsp3) is 0.417. The fourth-order valence-corrected chi connectivity index (χ4v) is 5.74. The number of hydrogen-bond donors (Lipinski definition) is 2. The number of methoxy groups -OCH3 is 1. The molecule has 178 valence electrons. The van der Waals surface area contributed by atoms with Gasteiger partial charge in [-0.15, -0.1) is 0 Å². The van der Waals surface area contributed by atoms with Crippen LogP contribution in [-0.4, -0.2) is 50.8 Å². The molecule has 1 heterocycles. The summed E-state index contributed by atoms with van der Waals surface area (Å²) in [7, 11) is -2.43. The highest BCUT2D eigenvalue weighted by Gasteiger charge is 2.33. The molecular formula is C24H31N3O5S. The number of nitrogens with zero attached hydrogens (tertiary/aromatic N) is 1. The predicted molar refractivity (Wildman–Crippen MR) is 127 cm³/mol. The number of ether oxygens (including phenoxy) is 1. The molecule has 0 saturated carbocycles. The fourth-order valence-electron chi connectivity index (χ4n) is 3.86. The van der Waals surface area contributed by atoms with E-state index in [-0.39, 0.29) is 28.2 Å². The first-order chi connectivity index (χ1) is 15.8. The lowest BCUT2D eigenvalue weighted by Gasteiger charge is -2.32. The van der Waals surface area contributed by atoms with Crippen molar-refractivity contribution in [3.8, 4) is 5.75 Å². The average molecular weight is 474 g/mol. The molecule has 1 aliphatic rings. The maximum Gasteiger partial charge on any atom is 0.255 e. The summed E-state index contributed by atoms with van der Waals surface area (Å²) < 4.78 is 33.6. The zero-order valence-corrected chi connectivity index (χ0v) is 20.1. The molecule has 0 aromatic heterocycles. The summed E-state index contributed by atoms with van der Waals surface area (Å²) in [5, 5.41) is 5.54. The average Bonchev–Trinajstić information content (AvgIpc) is 2.82. The Balaban J connectivity index is 1.86. The molecule has 1 unspecified atom stereocenters. The molecule has 1 saturated heterocycles. The largest absolute Gasteiger partial charge is 0.495 e. The lowest BCUT2D eigenvalue weighted by atomic mass is 10.1. The van der Waals surface area contributed by atoms with Gasteiger partial charge in [-0.25, -0.2) is 8.42 Å². The van der Waals surface area contributed by atoms with Crippen LogP contribution in [0.2, 0.25) is 0 Å². The van der Waals surface area contributed by atoms with Crippen LogP contribution < -0.4 is 15.4 Å². The normalized spacial score (nSPS) is 16.8. The van der Waals surface area contributed by atoms with Gasteiger partial charge in [-0.2, -0.15) is 4.31 Å². The first-order valence-corrected chi connectivity index (χ1v) is 12.6. The molecule has 33 heavy (non-hydrogen) atoms. The van der Waals surface area contributed by atoms with Crippen LogP contribution in [0.3, 0.4) is 0 Å². The summed E-state index contributed by atoms with van der Waals surface area (Å²) in [5.41, 5.74) is 1.05. The highest BCUT2D eigenvalue weighted by atomic mass is 32.2. The van der Waals surface area contributed by atoms with Gasteiger partial charge in [0.25, 0.3) is 11.8 Å². The number of anilines is 1. The predicted octanol–water partition coefficient (Wildman–Crippen LogP) is 3.65. The molecule has 9 heteroatoms. The van der Waals surface area contributed by atoms with Crippen molar-refractivity contribution in [1.29, 1.82) is 0 Å². The quantitative estimate of drug-likeness (QED) is 0.609. The summed E-state index contributed by atoms with van der Waals surface area (Å²) in [5.74, 6) is -0.507. The van der Waals surface area contributed by atoms with E-state index in [4.69, 9.17) is 4.74 Å². The van der Waals surface area contributed by atoms with Crippen LogP contribution in [0.1, 0.15) is 60.2 Å². The number of piperidine rings is 1. The van der Waals surface area contributed by atoms with Gasteiger partial charge in [0.15, 0.2) is 0 Å². The second-order valence-electron chi connectivity index (χ2n) is 8.12. The van der Waals surface area contributed by atoms with Crippen LogP contribution in [0.25, 0.3) is 0 Å². The maximum atomic E-state index is 13.4. The number of rotatable bonds is 8. The summed E-state index contributed by atoms with van der Waals surface area (Å²) in [6.07, 6.45) is 3.40. The molecule has 1 fully saturated rings. The van der Waals surface area contributed by atoms with Crippen molar-refractivity contribution < 1.29 is 22.7 Å². The Bertz CT molecular complexity index is 1120. The van der Waals surface area contributed by atoms with Crippen molar-refractivity contribution in [2.75, 3.05) is 25.5 Å². The second-order valence-corrected chi connectivity index (χ2v) is 9.98. The summed E-state index contributed by atoms with van der Waals surface area (Å²) >= 11 is 0. The molecule has 2 amide bonds. The smallest absolute Gasteiger partial charge is 0.255 e. The molecule has 1 aliphatic heterocycles. The van der Waals surface area contributed by atoms with E-state index in [1.807, 2.05) is 13.8 Å². The third-order valence-electron chi connectivity index (χ3n) is 5.67. The Labute approximate surface area is 195 Å². The van der Waals surface area contributed by atoms with Crippen LogP contribution in [-0.2, 0) is 10.0 Å². The minimum absolute atomic E-state index is 0.0286. The minimum atomic E-state index is -3.83. The van der Waals surface area contributed by atoms with Crippen molar-refractivity contribution in [2.45, 2.75) is 50.5 Å². The van der Waals surface area contributed by atoms with Crippen molar-refractivity contribution in [3.63, 3.8) is 0 Å². The van der Waals surface area contributed by atoms with E-state index in [0.717, 1.165) is 25.7 Å². The highest BCUT2D eigenvalue weighted by molar-refractivity contribution is 7.89. The number of carbonyl (C=O) groups excluding carboxylic acids is 2. The SMILES string of the molecule is CCCNC(=O)c1cccc(NC(=O)c2ccc(OC)c(S(=O)(=O)N3CCCCC3C)c2)c1. The molecule has 8 nitrogen and oxygen atoms in total. The van der Waals surface area contributed by atoms with Crippen molar-refractivity contribution in [1.82, 2.24) is 9.62 Å². The van der Waals surface area contributed by atoms with Gasteiger partial charge in [0.05, 0.1) is 7.11 Å². The Kier molecular flexibility index (Phi) is 8.10. The monoisotopic (exact) mass is 473 g/mol. The Hall–Kier alpha value is -2.91. The third-order valence-corrected chi connectivity index (χ3v) is 7.71. The van der Waals surface area contributed by atoms with Crippen LogP contribution in [0.4, 0.5) is 5.69 Å². The molecular weight excluding hydrogens is 442 g/mol. The maximum absolute atomic E-state index is 13.4. The number of benzene rings is 2. The van der Waals surface area contributed by atoms with E-state index < -0.39 is 15.9 Å². The van der Waals surface area contributed by atoms with E-state index in [1.165, 1.54) is 29.6 Å². The first kappa shape index (κ1) is 24.7. The first-order valence-electron chi connectivity index (χ1n) is 11.2. The van der Waals surface area contributed by atoms with Gasteiger partial charge in [-0.1, -0.05) is 19.4 Å². The number of hydrogen-bond acceptors (Lipinski definition) is 5. The van der Waals surface area contributed by atoms with Gasteiger partial charge in [0.2, 0.25) is 10.0 Å². The van der Waals surface area contributed by atoms with Crippen LogP contribution in [0.15, 0.2) is 47.4 Å². The molecule has 0 bridgehead atoms. The van der Waals surface area contributed by atoms with Crippen LogP contribution in [0, 0.1) is 0 Å². The van der Waals surface area contributed by atoms with Crippen molar-refractivity contribution in [3.05, 3.63) is 53.6 Å². The van der Waals surface area contributed by atoms with E-state index in [1.54, 1.807) is 24.3 Å². The van der Waals surface area contributed by atoms with Gasteiger partial charge >= 0.3 is 0 Å². The summed E-state index contributed by atoms with van der Waals surface area (Å²) in [6, 6.07) is 10.8. The molecule has 0 aliphatic carbocycles. The molecule has 0 spiro atoms. The van der Waals surface area contributed by atoms with E-state index >= 15 is 0 Å². The van der Waals surface area contributed by atoms with Crippen LogP contribution >= 0.6 is 0 Å². The molecule has 3 rings (SSSR count). The highest BCUT2D eigenvalue weighted by Crippen LogP contribution is 2.32. The van der Waals surface area contributed by atoms with Crippen molar-refractivity contribution >= 4 is 27.5 Å². The zero-order valence-electron chi connectivity index (χ0n) is 19.3. The number of nitrogens with one attached hydrogen (secondary N) is 2. The molecule has 2 aromatic rings.